The van der Waals surface area contributed by atoms with E-state index < -0.39 is 0 Å². The van der Waals surface area contributed by atoms with Gasteiger partial charge in [0.2, 0.25) is 0 Å². The highest BCUT2D eigenvalue weighted by atomic mass is 127. The van der Waals surface area contributed by atoms with Gasteiger partial charge in [-0.15, -0.1) is 0 Å². The summed E-state index contributed by atoms with van der Waals surface area (Å²) in [6, 6.07) is 0. The summed E-state index contributed by atoms with van der Waals surface area (Å²) in [5.74, 6) is 1.78. The summed E-state index contributed by atoms with van der Waals surface area (Å²) in [4.78, 5) is 0. The highest BCUT2D eigenvalue weighted by Gasteiger charge is 2.49. The minimum Gasteiger partial charge on any atom is -0.0990 e. The van der Waals surface area contributed by atoms with Gasteiger partial charge >= 0.3 is 0 Å². The van der Waals surface area contributed by atoms with Gasteiger partial charge in [0.05, 0.1) is 0 Å². The first-order valence-corrected chi connectivity index (χ1v) is 9.30. The second-order valence-corrected chi connectivity index (χ2v) is 10.8. The fourth-order valence-corrected chi connectivity index (χ4v) is 5.28. The third-order valence-electron chi connectivity index (χ3n) is 5.08. The maximum absolute atomic E-state index is 3.79. The minimum atomic E-state index is 0.364. The molecule has 0 saturated heterocycles. The largest absolute Gasteiger partial charge is 0.0990 e. The predicted molar refractivity (Wildman–Crippen MR) is 102 cm³/mol. The lowest BCUT2D eigenvalue weighted by Crippen LogP contribution is -2.35. The molecule has 2 heteroatoms. The molecule has 0 amide bonds. The van der Waals surface area contributed by atoms with E-state index in [0.29, 0.717) is 8.84 Å². The number of allylic oxidation sites excluding steroid dienone is 5. The van der Waals surface area contributed by atoms with Crippen molar-refractivity contribution in [3.8, 4) is 0 Å². The Labute approximate surface area is 145 Å². The number of fused-ring (bicyclic) bond motifs is 1. The van der Waals surface area contributed by atoms with Crippen LogP contribution < -0.4 is 0 Å². The molecular weight excluding hydrogens is 458 g/mol. The molecule has 0 aliphatic heterocycles. The van der Waals surface area contributed by atoms with Gasteiger partial charge in [-0.05, 0) is 77.7 Å². The molecule has 0 aromatic carbocycles. The van der Waals surface area contributed by atoms with Crippen molar-refractivity contribution < 1.29 is 0 Å². The molecule has 2 saturated carbocycles. The van der Waals surface area contributed by atoms with Crippen LogP contribution in [0.4, 0.5) is 0 Å². The van der Waals surface area contributed by atoms with Gasteiger partial charge in [0.1, 0.15) is 0 Å². The van der Waals surface area contributed by atoms with Gasteiger partial charge in [-0.3, -0.25) is 0 Å². The Balaban J connectivity index is 2.27. The van der Waals surface area contributed by atoms with E-state index >= 15 is 0 Å². The zero-order valence-corrected chi connectivity index (χ0v) is 16.5. The summed E-state index contributed by atoms with van der Waals surface area (Å²) >= 11 is 5.10. The van der Waals surface area contributed by atoms with Crippen molar-refractivity contribution in [2.75, 3.05) is 0 Å². The molecule has 0 aromatic heterocycles. The molecule has 2 aliphatic rings. The molecule has 0 aromatic rings. The van der Waals surface area contributed by atoms with Crippen LogP contribution in [0.15, 0.2) is 34.0 Å². The Kier molecular flexibility index (Phi) is 4.92. The van der Waals surface area contributed by atoms with E-state index in [1.807, 2.05) is 6.08 Å². The first kappa shape index (κ1) is 16.1. The van der Waals surface area contributed by atoms with Gasteiger partial charge in [0, 0.05) is 7.00 Å². The second-order valence-electron chi connectivity index (χ2n) is 6.91. The standard InChI is InChI=1S/C17H24I2/c1-5-6-14(18)10-13-9-12-7-8-17(4,19)11-15(12)16(13,2)3/h5-6,10,12,15H,1,7-9,11H2,2-4H3/b13-10+,14-6+. The van der Waals surface area contributed by atoms with E-state index in [1.165, 1.54) is 29.3 Å². The lowest BCUT2D eigenvalue weighted by atomic mass is 9.68. The molecule has 106 valence electrons. The fourth-order valence-electron chi connectivity index (χ4n) is 3.86. The number of halogens is 2. The lowest BCUT2D eigenvalue weighted by molar-refractivity contribution is 0.161. The Morgan fingerprint density at radius 3 is 2.68 bits per heavy atom. The van der Waals surface area contributed by atoms with Crippen LogP contribution in [-0.4, -0.2) is 3.42 Å². The number of hydrogen-bond donors (Lipinski definition) is 0. The van der Waals surface area contributed by atoms with Gasteiger partial charge in [0.25, 0.3) is 0 Å². The number of alkyl halides is 1. The van der Waals surface area contributed by atoms with Gasteiger partial charge < -0.3 is 0 Å². The summed E-state index contributed by atoms with van der Waals surface area (Å²) in [5.41, 5.74) is 2.02. The van der Waals surface area contributed by atoms with Crippen molar-refractivity contribution in [1.82, 2.24) is 0 Å². The Morgan fingerprint density at radius 1 is 1.37 bits per heavy atom. The average Bonchev–Trinajstić information content (AvgIpc) is 2.51. The molecule has 0 bridgehead atoms. The zero-order valence-electron chi connectivity index (χ0n) is 12.2. The maximum atomic E-state index is 3.79. The third kappa shape index (κ3) is 3.47. The van der Waals surface area contributed by atoms with Crippen LogP contribution in [0.2, 0.25) is 0 Å². The van der Waals surface area contributed by atoms with Crippen LogP contribution in [0.5, 0.6) is 0 Å². The summed E-state index contributed by atoms with van der Waals surface area (Å²) in [7, 11) is 0. The van der Waals surface area contributed by atoms with E-state index in [1.54, 1.807) is 5.57 Å². The molecule has 0 heterocycles. The van der Waals surface area contributed by atoms with E-state index in [9.17, 15) is 0 Å². The van der Waals surface area contributed by atoms with Crippen LogP contribution in [0.1, 0.15) is 46.5 Å². The Bertz CT molecular complexity index is 427. The Hall–Kier alpha value is 0.680. The van der Waals surface area contributed by atoms with Crippen molar-refractivity contribution in [1.29, 1.82) is 0 Å². The van der Waals surface area contributed by atoms with E-state index in [4.69, 9.17) is 0 Å². The summed E-state index contributed by atoms with van der Waals surface area (Å²) in [6.07, 6.45) is 11.9. The second kappa shape index (κ2) is 5.82. The summed E-state index contributed by atoms with van der Waals surface area (Å²) < 4.78 is 1.82. The van der Waals surface area contributed by atoms with Gasteiger partial charge in [-0.1, -0.05) is 61.6 Å². The molecule has 0 N–H and O–H groups in total. The molecule has 19 heavy (non-hydrogen) atoms. The molecule has 2 aliphatic carbocycles. The highest BCUT2D eigenvalue weighted by Crippen LogP contribution is 2.59. The average molecular weight is 482 g/mol. The SMILES string of the molecule is C=C/C=C(I)\C=C1/CC2CCC(C)(I)CC2C1(C)C. The number of hydrogen-bond acceptors (Lipinski definition) is 0. The molecule has 2 rings (SSSR count). The van der Waals surface area contributed by atoms with Crippen molar-refractivity contribution >= 4 is 45.2 Å². The lowest BCUT2D eigenvalue weighted by Gasteiger charge is -2.41. The van der Waals surface area contributed by atoms with Crippen LogP contribution in [0, 0.1) is 17.3 Å². The quantitative estimate of drug-likeness (QED) is 0.241. The van der Waals surface area contributed by atoms with Crippen LogP contribution in [-0.2, 0) is 0 Å². The van der Waals surface area contributed by atoms with E-state index in [0.717, 1.165) is 11.8 Å². The third-order valence-corrected chi connectivity index (χ3v) is 6.73. The first-order valence-electron chi connectivity index (χ1n) is 7.14. The van der Waals surface area contributed by atoms with Crippen molar-refractivity contribution in [3.63, 3.8) is 0 Å². The topological polar surface area (TPSA) is 0 Å². The van der Waals surface area contributed by atoms with Crippen LogP contribution in [0.3, 0.4) is 0 Å². The molecule has 0 spiro atoms. The number of rotatable bonds is 2. The van der Waals surface area contributed by atoms with Crippen LogP contribution in [0.25, 0.3) is 0 Å². The predicted octanol–water partition coefficient (Wildman–Crippen LogP) is 6.46. The summed E-state index contributed by atoms with van der Waals surface area (Å²) in [5, 5.41) is 0. The van der Waals surface area contributed by atoms with Gasteiger partial charge in [-0.2, -0.15) is 0 Å². The van der Waals surface area contributed by atoms with Gasteiger partial charge in [0.15, 0.2) is 0 Å². The highest BCUT2D eigenvalue weighted by molar-refractivity contribution is 14.1. The summed E-state index contributed by atoms with van der Waals surface area (Å²) in [6.45, 7) is 11.1. The van der Waals surface area contributed by atoms with E-state index in [2.05, 4.69) is 84.7 Å². The molecule has 3 unspecified atom stereocenters. The fraction of sp³-hybridized carbons (Fsp3) is 0.647. The smallest absolute Gasteiger partial charge is 0.0197 e. The monoisotopic (exact) mass is 482 g/mol. The molecule has 3 atom stereocenters. The van der Waals surface area contributed by atoms with E-state index in [-0.39, 0.29) is 0 Å². The molecular formula is C17H24I2. The maximum Gasteiger partial charge on any atom is 0.0197 e. The molecule has 0 radical (unpaired) electrons. The minimum absolute atomic E-state index is 0.364. The van der Waals surface area contributed by atoms with Gasteiger partial charge in [-0.25, -0.2) is 0 Å². The first-order chi connectivity index (χ1) is 8.76. The molecule has 0 nitrogen and oxygen atoms in total. The van der Waals surface area contributed by atoms with Crippen molar-refractivity contribution in [2.45, 2.75) is 49.9 Å². The van der Waals surface area contributed by atoms with Crippen molar-refractivity contribution in [2.24, 2.45) is 17.3 Å². The Morgan fingerprint density at radius 2 is 2.05 bits per heavy atom. The van der Waals surface area contributed by atoms with Crippen LogP contribution >= 0.6 is 45.2 Å². The zero-order chi connectivity index (χ0) is 14.3. The normalized spacial score (nSPS) is 40.3. The van der Waals surface area contributed by atoms with Crippen molar-refractivity contribution in [3.05, 3.63) is 34.0 Å². The molecule has 2 fully saturated rings.